The van der Waals surface area contributed by atoms with Crippen molar-refractivity contribution in [3.05, 3.63) is 41.5 Å². The Hall–Kier alpha value is -3.09. The highest BCUT2D eigenvalue weighted by molar-refractivity contribution is 5.98. The van der Waals surface area contributed by atoms with Gasteiger partial charge >= 0.3 is 0 Å². The number of nitrogens with one attached hydrogen (secondary N) is 1. The summed E-state index contributed by atoms with van der Waals surface area (Å²) < 4.78 is 4.96. The average Bonchev–Trinajstić information content (AvgIpc) is 2.51. The van der Waals surface area contributed by atoms with Crippen LogP contribution in [-0.2, 0) is 6.54 Å². The summed E-state index contributed by atoms with van der Waals surface area (Å²) in [6.07, 6.45) is 0. The molecule has 0 aromatic heterocycles. The lowest BCUT2D eigenvalue weighted by Crippen LogP contribution is -2.22. The Kier molecular flexibility index (Phi) is 4.26. The first kappa shape index (κ1) is 15.3. The summed E-state index contributed by atoms with van der Waals surface area (Å²) in [5.74, 6) is -2.33. The van der Waals surface area contributed by atoms with Gasteiger partial charge in [-0.3, -0.25) is 4.79 Å². The van der Waals surface area contributed by atoms with Crippen molar-refractivity contribution in [2.24, 2.45) is 0 Å². The largest absolute Gasteiger partial charge is 0.504 e. The molecular weight excluding hydrogens is 290 g/mol. The minimum atomic E-state index is -0.751. The van der Waals surface area contributed by atoms with Crippen molar-refractivity contribution in [1.82, 2.24) is 5.32 Å². The number of phenolic OH excluding ortho intramolecular Hbond substituents is 4. The van der Waals surface area contributed by atoms with E-state index in [1.54, 1.807) is 12.1 Å². The monoisotopic (exact) mass is 305 g/mol. The van der Waals surface area contributed by atoms with Crippen LogP contribution in [0.1, 0.15) is 15.9 Å². The Morgan fingerprint density at radius 3 is 2.41 bits per heavy atom. The van der Waals surface area contributed by atoms with Crippen molar-refractivity contribution in [2.75, 3.05) is 7.11 Å². The van der Waals surface area contributed by atoms with E-state index >= 15 is 0 Å². The van der Waals surface area contributed by atoms with Crippen LogP contribution in [-0.4, -0.2) is 33.4 Å². The smallest absolute Gasteiger partial charge is 0.255 e. The van der Waals surface area contributed by atoms with Crippen LogP contribution in [0.25, 0.3) is 0 Å². The highest BCUT2D eigenvalue weighted by Crippen LogP contribution is 2.36. The van der Waals surface area contributed by atoms with Gasteiger partial charge in [0.1, 0.15) is 0 Å². The first-order chi connectivity index (χ1) is 10.4. The standard InChI is InChI=1S/C15H15NO6/c1-22-12-6-8(2-4-10(12)17)7-16-15(21)9-3-5-11(18)14(20)13(9)19/h2-6,17-20H,7H2,1H3,(H,16,21). The molecule has 0 fully saturated rings. The lowest BCUT2D eigenvalue weighted by Gasteiger charge is -2.10. The highest BCUT2D eigenvalue weighted by atomic mass is 16.5. The molecule has 22 heavy (non-hydrogen) atoms. The van der Waals surface area contributed by atoms with E-state index in [1.807, 2.05) is 0 Å². The number of amides is 1. The third-order valence-electron chi connectivity index (χ3n) is 3.07. The molecule has 2 aromatic rings. The number of methoxy groups -OCH3 is 1. The Morgan fingerprint density at radius 2 is 1.73 bits per heavy atom. The number of phenols is 4. The molecule has 0 saturated carbocycles. The lowest BCUT2D eigenvalue weighted by molar-refractivity contribution is 0.0947. The van der Waals surface area contributed by atoms with E-state index in [1.165, 1.54) is 19.2 Å². The Balaban J connectivity index is 2.12. The summed E-state index contributed by atoms with van der Waals surface area (Å²) in [6.45, 7) is 0.122. The van der Waals surface area contributed by atoms with E-state index in [4.69, 9.17) is 4.74 Å². The normalized spacial score (nSPS) is 10.2. The predicted octanol–water partition coefficient (Wildman–Crippen LogP) is 1.45. The number of benzene rings is 2. The highest BCUT2D eigenvalue weighted by Gasteiger charge is 2.17. The molecule has 0 saturated heterocycles. The summed E-state index contributed by atoms with van der Waals surface area (Å²) in [6, 6.07) is 6.89. The number of hydrogen-bond acceptors (Lipinski definition) is 6. The van der Waals surface area contributed by atoms with Crippen LogP contribution in [0.4, 0.5) is 0 Å². The Labute approximate surface area is 126 Å². The topological polar surface area (TPSA) is 119 Å². The number of aromatic hydroxyl groups is 4. The first-order valence-corrected chi connectivity index (χ1v) is 6.32. The molecule has 116 valence electrons. The summed E-state index contributed by atoms with van der Waals surface area (Å²) >= 11 is 0. The van der Waals surface area contributed by atoms with Crippen LogP contribution < -0.4 is 10.1 Å². The van der Waals surface area contributed by atoms with Crippen LogP contribution in [0, 0.1) is 0 Å². The molecule has 0 atom stereocenters. The van der Waals surface area contributed by atoms with E-state index in [9.17, 15) is 25.2 Å². The van der Waals surface area contributed by atoms with E-state index in [0.717, 1.165) is 6.07 Å². The van der Waals surface area contributed by atoms with Crippen molar-refractivity contribution in [1.29, 1.82) is 0 Å². The van der Waals surface area contributed by atoms with Gasteiger partial charge in [0.25, 0.3) is 5.91 Å². The van der Waals surface area contributed by atoms with Crippen LogP contribution in [0.5, 0.6) is 28.7 Å². The van der Waals surface area contributed by atoms with Gasteiger partial charge in [-0.05, 0) is 29.8 Å². The first-order valence-electron chi connectivity index (χ1n) is 6.32. The lowest BCUT2D eigenvalue weighted by atomic mass is 10.1. The van der Waals surface area contributed by atoms with E-state index in [2.05, 4.69) is 5.32 Å². The van der Waals surface area contributed by atoms with Gasteiger partial charge in [0.15, 0.2) is 23.0 Å². The summed E-state index contributed by atoms with van der Waals surface area (Å²) in [4.78, 5) is 12.0. The molecule has 0 radical (unpaired) electrons. The molecule has 0 aliphatic rings. The Morgan fingerprint density at radius 1 is 1.05 bits per heavy atom. The van der Waals surface area contributed by atoms with E-state index < -0.39 is 23.2 Å². The van der Waals surface area contributed by atoms with Gasteiger partial charge in [0.05, 0.1) is 12.7 Å². The van der Waals surface area contributed by atoms with E-state index in [0.29, 0.717) is 5.56 Å². The number of carbonyl (C=O) groups excluding carboxylic acids is 1. The van der Waals surface area contributed by atoms with Crippen molar-refractivity contribution >= 4 is 5.91 Å². The zero-order valence-corrected chi connectivity index (χ0v) is 11.7. The van der Waals surface area contributed by atoms with E-state index in [-0.39, 0.29) is 23.6 Å². The number of rotatable bonds is 4. The maximum atomic E-state index is 12.0. The third kappa shape index (κ3) is 2.98. The van der Waals surface area contributed by atoms with Gasteiger partial charge in [0, 0.05) is 6.54 Å². The fraction of sp³-hybridized carbons (Fsp3) is 0.133. The van der Waals surface area contributed by atoms with Crippen LogP contribution in [0.2, 0.25) is 0 Å². The zero-order chi connectivity index (χ0) is 16.3. The van der Waals surface area contributed by atoms with Gasteiger partial charge in [-0.1, -0.05) is 6.07 Å². The summed E-state index contributed by atoms with van der Waals surface area (Å²) in [5, 5.41) is 40.3. The van der Waals surface area contributed by atoms with Crippen LogP contribution in [0.3, 0.4) is 0 Å². The molecule has 0 aliphatic carbocycles. The van der Waals surface area contributed by atoms with Crippen LogP contribution in [0.15, 0.2) is 30.3 Å². The number of carbonyl (C=O) groups is 1. The number of ether oxygens (including phenoxy) is 1. The molecule has 0 spiro atoms. The quantitative estimate of drug-likeness (QED) is 0.545. The summed E-state index contributed by atoms with van der Waals surface area (Å²) in [7, 11) is 1.41. The molecule has 1 amide bonds. The van der Waals surface area contributed by atoms with Gasteiger partial charge < -0.3 is 30.5 Å². The predicted molar refractivity (Wildman–Crippen MR) is 77.3 cm³/mol. The fourth-order valence-electron chi connectivity index (χ4n) is 1.86. The van der Waals surface area contributed by atoms with Gasteiger partial charge in [0.2, 0.25) is 5.75 Å². The second-order valence-corrected chi connectivity index (χ2v) is 4.52. The molecular formula is C15H15NO6. The maximum Gasteiger partial charge on any atom is 0.255 e. The second-order valence-electron chi connectivity index (χ2n) is 4.52. The average molecular weight is 305 g/mol. The molecule has 5 N–H and O–H groups in total. The van der Waals surface area contributed by atoms with Gasteiger partial charge in [-0.15, -0.1) is 0 Å². The molecule has 7 heteroatoms. The van der Waals surface area contributed by atoms with Gasteiger partial charge in [-0.2, -0.15) is 0 Å². The molecule has 0 bridgehead atoms. The third-order valence-corrected chi connectivity index (χ3v) is 3.07. The summed E-state index contributed by atoms with van der Waals surface area (Å²) in [5.41, 5.74) is 0.506. The molecule has 2 aromatic carbocycles. The zero-order valence-electron chi connectivity index (χ0n) is 11.7. The minimum Gasteiger partial charge on any atom is -0.504 e. The van der Waals surface area contributed by atoms with Crippen LogP contribution >= 0.6 is 0 Å². The molecule has 0 unspecified atom stereocenters. The SMILES string of the molecule is COc1cc(CNC(=O)c2ccc(O)c(O)c2O)ccc1O. The van der Waals surface area contributed by atoms with Crippen molar-refractivity contribution < 1.29 is 30.0 Å². The molecule has 7 nitrogen and oxygen atoms in total. The van der Waals surface area contributed by atoms with Gasteiger partial charge in [-0.25, -0.2) is 0 Å². The minimum absolute atomic E-state index is 0.0151. The number of hydrogen-bond donors (Lipinski definition) is 5. The second kappa shape index (κ2) is 6.13. The van der Waals surface area contributed by atoms with Crippen molar-refractivity contribution in [2.45, 2.75) is 6.54 Å². The van der Waals surface area contributed by atoms with Crippen molar-refractivity contribution in [3.63, 3.8) is 0 Å². The maximum absolute atomic E-state index is 12.0. The molecule has 0 aliphatic heterocycles. The fourth-order valence-corrected chi connectivity index (χ4v) is 1.86. The Bertz CT molecular complexity index is 713. The molecule has 0 heterocycles. The van der Waals surface area contributed by atoms with Crippen molar-refractivity contribution in [3.8, 4) is 28.7 Å². The molecule has 2 rings (SSSR count).